The van der Waals surface area contributed by atoms with Crippen LogP contribution in [0.3, 0.4) is 0 Å². The smallest absolute Gasteiger partial charge is 0.00464 e. The highest BCUT2D eigenvalue weighted by Crippen LogP contribution is 2.59. The first-order chi connectivity index (χ1) is 6.75. The van der Waals surface area contributed by atoms with E-state index in [1.807, 2.05) is 0 Å². The van der Waals surface area contributed by atoms with Crippen molar-refractivity contribution in [1.82, 2.24) is 0 Å². The van der Waals surface area contributed by atoms with Crippen molar-refractivity contribution >= 4 is 0 Å². The summed E-state index contributed by atoms with van der Waals surface area (Å²) in [5.41, 5.74) is 2.71. The maximum atomic E-state index is 4.22. The summed E-state index contributed by atoms with van der Waals surface area (Å²) in [5, 5.41) is 0. The average molecular weight is 186 g/mol. The highest BCUT2D eigenvalue weighted by Gasteiger charge is 2.50. The largest absolute Gasteiger partial charge is 0.0952 e. The molecule has 0 bridgehead atoms. The summed E-state index contributed by atoms with van der Waals surface area (Å²) >= 11 is 0. The van der Waals surface area contributed by atoms with Crippen LogP contribution < -0.4 is 0 Å². The first kappa shape index (κ1) is 8.52. The molecule has 0 radical (unpaired) electrons. The predicted molar refractivity (Wildman–Crippen MR) is 59.8 cm³/mol. The van der Waals surface area contributed by atoms with Gasteiger partial charge in [0.05, 0.1) is 0 Å². The first-order valence-electron chi connectivity index (χ1n) is 5.81. The Morgan fingerprint density at radius 1 is 1.29 bits per heavy atom. The lowest BCUT2D eigenvalue weighted by Crippen LogP contribution is -2.15. The van der Waals surface area contributed by atoms with Crippen LogP contribution in [0.5, 0.6) is 0 Å². The standard InChI is InChI=1S/C14H18/c1-9-3-5-12(10(2)7-9)13-6-4-11-8-14(11)13/h3,5,7,11-14H,2,4,6,8H2,1H3. The molecule has 0 heterocycles. The van der Waals surface area contributed by atoms with Gasteiger partial charge in [0, 0.05) is 5.92 Å². The molecule has 0 aromatic heterocycles. The normalized spacial score (nSPS) is 44.9. The minimum Gasteiger partial charge on any atom is -0.0952 e. The molecule has 0 aromatic carbocycles. The third-order valence-electron chi connectivity index (χ3n) is 4.27. The van der Waals surface area contributed by atoms with E-state index in [0.29, 0.717) is 5.92 Å². The van der Waals surface area contributed by atoms with E-state index >= 15 is 0 Å². The van der Waals surface area contributed by atoms with Gasteiger partial charge < -0.3 is 0 Å². The summed E-state index contributed by atoms with van der Waals surface area (Å²) in [6.45, 7) is 6.38. The van der Waals surface area contributed by atoms with Crippen LogP contribution in [-0.2, 0) is 0 Å². The minimum absolute atomic E-state index is 0.663. The van der Waals surface area contributed by atoms with Crippen molar-refractivity contribution in [2.45, 2.75) is 26.2 Å². The Hall–Kier alpha value is -0.780. The molecule has 0 nitrogen and oxygen atoms in total. The second-order valence-electron chi connectivity index (χ2n) is 5.25. The molecule has 2 fully saturated rings. The van der Waals surface area contributed by atoms with Crippen LogP contribution in [0.1, 0.15) is 26.2 Å². The molecule has 0 aromatic rings. The quantitative estimate of drug-likeness (QED) is 0.585. The lowest BCUT2D eigenvalue weighted by atomic mass is 9.80. The van der Waals surface area contributed by atoms with Crippen LogP contribution in [0.25, 0.3) is 0 Å². The second kappa shape index (κ2) is 2.85. The van der Waals surface area contributed by atoms with Gasteiger partial charge in [-0.2, -0.15) is 0 Å². The summed E-state index contributed by atoms with van der Waals surface area (Å²) in [6, 6.07) is 0. The lowest BCUT2D eigenvalue weighted by molar-refractivity contribution is 0.403. The van der Waals surface area contributed by atoms with Gasteiger partial charge in [0.15, 0.2) is 0 Å². The third kappa shape index (κ3) is 1.20. The van der Waals surface area contributed by atoms with Gasteiger partial charge in [0.2, 0.25) is 0 Å². The molecule has 0 heteroatoms. The molecule has 74 valence electrons. The summed E-state index contributed by atoms with van der Waals surface area (Å²) in [4.78, 5) is 0. The highest BCUT2D eigenvalue weighted by molar-refractivity contribution is 5.37. The van der Waals surface area contributed by atoms with E-state index in [0.717, 1.165) is 17.8 Å². The number of hydrogen-bond acceptors (Lipinski definition) is 0. The SMILES string of the molecule is C=C1C=C(C)C=CC1C1CCC2CC21. The summed E-state index contributed by atoms with van der Waals surface area (Å²) < 4.78 is 0. The van der Waals surface area contributed by atoms with Crippen molar-refractivity contribution in [3.8, 4) is 0 Å². The fourth-order valence-corrected chi connectivity index (χ4v) is 3.43. The van der Waals surface area contributed by atoms with Gasteiger partial charge in [-0.1, -0.05) is 30.4 Å². The van der Waals surface area contributed by atoms with Gasteiger partial charge in [-0.3, -0.25) is 0 Å². The van der Waals surface area contributed by atoms with Gasteiger partial charge in [0.25, 0.3) is 0 Å². The number of allylic oxidation sites excluding steroid dienone is 5. The Morgan fingerprint density at radius 3 is 2.71 bits per heavy atom. The molecule has 4 atom stereocenters. The molecule has 4 unspecified atom stereocenters. The average Bonchev–Trinajstić information content (AvgIpc) is 2.81. The zero-order valence-corrected chi connectivity index (χ0v) is 8.87. The maximum Gasteiger partial charge on any atom is 0.00464 e. The van der Waals surface area contributed by atoms with Gasteiger partial charge in [-0.15, -0.1) is 0 Å². The maximum absolute atomic E-state index is 4.22. The van der Waals surface area contributed by atoms with Gasteiger partial charge in [0.1, 0.15) is 0 Å². The predicted octanol–water partition coefficient (Wildman–Crippen LogP) is 3.72. The third-order valence-corrected chi connectivity index (χ3v) is 4.27. The minimum atomic E-state index is 0.663. The Balaban J connectivity index is 1.80. The van der Waals surface area contributed by atoms with Crippen molar-refractivity contribution in [2.24, 2.45) is 23.7 Å². The van der Waals surface area contributed by atoms with E-state index in [1.165, 1.54) is 30.4 Å². The highest BCUT2D eigenvalue weighted by atomic mass is 14.5. The fourth-order valence-electron chi connectivity index (χ4n) is 3.43. The number of fused-ring (bicyclic) bond motifs is 1. The molecule has 0 saturated heterocycles. The van der Waals surface area contributed by atoms with Crippen LogP contribution in [0.15, 0.2) is 36.0 Å². The molecule has 0 spiro atoms. The fraction of sp³-hybridized carbons (Fsp3) is 0.571. The molecule has 0 aliphatic heterocycles. The molecule has 0 amide bonds. The van der Waals surface area contributed by atoms with Crippen molar-refractivity contribution in [2.75, 3.05) is 0 Å². The number of hydrogen-bond donors (Lipinski definition) is 0. The van der Waals surface area contributed by atoms with Crippen molar-refractivity contribution in [3.63, 3.8) is 0 Å². The van der Waals surface area contributed by atoms with E-state index in [-0.39, 0.29) is 0 Å². The zero-order valence-electron chi connectivity index (χ0n) is 8.87. The van der Waals surface area contributed by atoms with Gasteiger partial charge in [-0.25, -0.2) is 0 Å². The second-order valence-corrected chi connectivity index (χ2v) is 5.25. The molecule has 0 N–H and O–H groups in total. The molecule has 14 heavy (non-hydrogen) atoms. The first-order valence-corrected chi connectivity index (χ1v) is 5.81. The molecule has 3 aliphatic rings. The molecule has 3 rings (SSSR count). The van der Waals surface area contributed by atoms with E-state index in [4.69, 9.17) is 0 Å². The Bertz CT molecular complexity index is 332. The lowest BCUT2D eigenvalue weighted by Gasteiger charge is -2.25. The van der Waals surface area contributed by atoms with Crippen molar-refractivity contribution < 1.29 is 0 Å². The Morgan fingerprint density at radius 2 is 2.14 bits per heavy atom. The van der Waals surface area contributed by atoms with Crippen LogP contribution in [0.2, 0.25) is 0 Å². The van der Waals surface area contributed by atoms with Crippen LogP contribution in [0, 0.1) is 23.7 Å². The van der Waals surface area contributed by atoms with Crippen LogP contribution in [-0.4, -0.2) is 0 Å². The molecular weight excluding hydrogens is 168 g/mol. The van der Waals surface area contributed by atoms with Crippen LogP contribution in [0.4, 0.5) is 0 Å². The zero-order chi connectivity index (χ0) is 9.71. The van der Waals surface area contributed by atoms with Crippen molar-refractivity contribution in [1.29, 1.82) is 0 Å². The van der Waals surface area contributed by atoms with E-state index in [9.17, 15) is 0 Å². The van der Waals surface area contributed by atoms with Gasteiger partial charge in [-0.05, 0) is 49.5 Å². The van der Waals surface area contributed by atoms with Crippen LogP contribution >= 0.6 is 0 Å². The van der Waals surface area contributed by atoms with E-state index in [2.05, 4.69) is 31.7 Å². The van der Waals surface area contributed by atoms with E-state index < -0.39 is 0 Å². The molecule has 2 saturated carbocycles. The summed E-state index contributed by atoms with van der Waals surface area (Å²) in [6.07, 6.45) is 11.4. The van der Waals surface area contributed by atoms with E-state index in [1.54, 1.807) is 0 Å². The molecular formula is C14H18. The number of rotatable bonds is 1. The summed E-state index contributed by atoms with van der Waals surface area (Å²) in [5.74, 6) is 3.73. The topological polar surface area (TPSA) is 0 Å². The Labute approximate surface area is 86.4 Å². The summed E-state index contributed by atoms with van der Waals surface area (Å²) in [7, 11) is 0. The van der Waals surface area contributed by atoms with Crippen molar-refractivity contribution in [3.05, 3.63) is 36.0 Å². The molecule has 3 aliphatic carbocycles. The van der Waals surface area contributed by atoms with Gasteiger partial charge >= 0.3 is 0 Å². The monoisotopic (exact) mass is 186 g/mol. The Kier molecular flexibility index (Phi) is 1.74.